The van der Waals surface area contributed by atoms with Crippen molar-refractivity contribution in [3.8, 4) is 0 Å². The van der Waals surface area contributed by atoms with E-state index in [1.807, 2.05) is 0 Å². The second kappa shape index (κ2) is 8.60. The zero-order valence-corrected chi connectivity index (χ0v) is 13.5. The molecule has 0 rings (SSSR count). The molecule has 2 amide bonds. The van der Waals surface area contributed by atoms with Crippen molar-refractivity contribution in [3.05, 3.63) is 4.91 Å². The van der Waals surface area contributed by atoms with Gasteiger partial charge in [-0.15, -0.1) is 4.91 Å². The van der Waals surface area contributed by atoms with Gasteiger partial charge in [-0.1, -0.05) is 13.8 Å². The molecule has 0 aromatic carbocycles. The first-order valence-electron chi connectivity index (χ1n) is 6.52. The molecule has 0 bridgehead atoms. The summed E-state index contributed by atoms with van der Waals surface area (Å²) in [6, 6.07) is -1.42. The molecule has 0 fully saturated rings. The average molecular weight is 337 g/mol. The van der Waals surface area contributed by atoms with Crippen molar-refractivity contribution in [2.45, 2.75) is 26.3 Å². The van der Waals surface area contributed by atoms with Crippen LogP contribution in [0.15, 0.2) is 4.95 Å². The molecule has 0 spiro atoms. The van der Waals surface area contributed by atoms with Crippen LogP contribution in [0.1, 0.15) is 20.3 Å². The summed E-state index contributed by atoms with van der Waals surface area (Å²) in [6.07, 6.45) is -0.708. The van der Waals surface area contributed by atoms with Gasteiger partial charge in [0.2, 0.25) is 13.2 Å². The summed E-state index contributed by atoms with van der Waals surface area (Å²) in [5.74, 6) is -3.14. The second-order valence-electron chi connectivity index (χ2n) is 4.65. The summed E-state index contributed by atoms with van der Waals surface area (Å²) in [6.45, 7) is 2.31. The third-order valence-electron chi connectivity index (χ3n) is 3.05. The minimum atomic E-state index is -3.50. The molecule has 0 saturated heterocycles. The van der Waals surface area contributed by atoms with Gasteiger partial charge in [-0.3, -0.25) is 19.4 Å². The lowest BCUT2D eigenvalue weighted by Crippen LogP contribution is -2.47. The van der Waals surface area contributed by atoms with Crippen LogP contribution in [0.5, 0.6) is 0 Å². The molecule has 0 heterocycles. The van der Waals surface area contributed by atoms with Crippen LogP contribution < -0.4 is 0 Å². The van der Waals surface area contributed by atoms with Crippen LogP contribution in [0.25, 0.3) is 0 Å². The Kier molecular flexibility index (Phi) is 7.89. The number of likely N-dealkylation sites (N-methyl/N-ethyl adjacent to an activating group) is 1. The van der Waals surface area contributed by atoms with E-state index in [1.54, 1.807) is 0 Å². The Balaban J connectivity index is 4.77. The topological polar surface area (TPSA) is 145 Å². The van der Waals surface area contributed by atoms with Crippen LogP contribution in [0, 0.1) is 4.91 Å². The van der Waals surface area contributed by atoms with Gasteiger partial charge < -0.3 is 10.0 Å². The second-order valence-corrected chi connectivity index (χ2v) is 7.46. The molecule has 0 aliphatic rings. The molecule has 126 valence electrons. The predicted molar refractivity (Wildman–Crippen MR) is 76.8 cm³/mol. The lowest BCUT2D eigenvalue weighted by atomic mass is 10.2. The zero-order chi connectivity index (χ0) is 17.5. The monoisotopic (exact) mass is 337 g/mol. The van der Waals surface area contributed by atoms with E-state index in [4.69, 9.17) is 5.11 Å². The number of aliphatic carboxylic acids is 1. The van der Waals surface area contributed by atoms with Crippen LogP contribution in [0.2, 0.25) is 0 Å². The third-order valence-corrected chi connectivity index (χ3v) is 5.10. The van der Waals surface area contributed by atoms with Crippen molar-refractivity contribution in [1.29, 1.82) is 0 Å². The molecular formula is C11H20N3O7P. The number of rotatable bonds is 9. The number of nitroso groups, excluding NO2 is 1. The van der Waals surface area contributed by atoms with E-state index < -0.39 is 43.8 Å². The number of hydroxylamine groups is 2. The van der Waals surface area contributed by atoms with Crippen molar-refractivity contribution in [2.24, 2.45) is 4.95 Å². The Morgan fingerprint density at radius 1 is 1.23 bits per heavy atom. The minimum Gasteiger partial charge on any atom is -0.480 e. The number of carbonyl (C=O) groups is 3. The number of hydrogen-bond donors (Lipinski definition) is 2. The van der Waals surface area contributed by atoms with Crippen LogP contribution in [0.3, 0.4) is 0 Å². The molecule has 2 N–H and O–H groups in total. The quantitative estimate of drug-likeness (QED) is 0.271. The van der Waals surface area contributed by atoms with Crippen molar-refractivity contribution < 1.29 is 29.3 Å². The van der Waals surface area contributed by atoms with E-state index in [1.165, 1.54) is 20.9 Å². The first-order valence-corrected chi connectivity index (χ1v) is 8.55. The molecule has 10 nitrogen and oxygen atoms in total. The number of carboxylic acids is 1. The maximum absolute atomic E-state index is 11.8. The SMILES string of the molecule is CCC(C(=O)O)N(O)C(=O)CN(C)C(=O)CP(=O)(CC)N=O. The Morgan fingerprint density at radius 2 is 1.77 bits per heavy atom. The maximum atomic E-state index is 11.8. The Labute approximate surface area is 127 Å². The zero-order valence-electron chi connectivity index (χ0n) is 12.6. The fourth-order valence-corrected chi connectivity index (χ4v) is 2.58. The molecular weight excluding hydrogens is 317 g/mol. The Bertz CT molecular complexity index is 496. The van der Waals surface area contributed by atoms with Gasteiger partial charge in [-0.2, -0.15) is 0 Å². The smallest absolute Gasteiger partial charge is 0.329 e. The lowest BCUT2D eigenvalue weighted by molar-refractivity contribution is -0.187. The number of carboxylic acid groups (broad SMARTS) is 1. The van der Waals surface area contributed by atoms with Gasteiger partial charge in [0.05, 0.1) is 0 Å². The minimum absolute atomic E-state index is 0.0185. The summed E-state index contributed by atoms with van der Waals surface area (Å²) in [4.78, 5) is 48.2. The van der Waals surface area contributed by atoms with E-state index in [-0.39, 0.29) is 17.6 Å². The Morgan fingerprint density at radius 3 is 2.14 bits per heavy atom. The maximum Gasteiger partial charge on any atom is 0.329 e. The number of amides is 2. The fourth-order valence-electron chi connectivity index (χ4n) is 1.52. The first kappa shape index (κ1) is 20.2. The summed E-state index contributed by atoms with van der Waals surface area (Å²) in [5.41, 5.74) is 0. The van der Waals surface area contributed by atoms with E-state index >= 15 is 0 Å². The van der Waals surface area contributed by atoms with E-state index in [0.29, 0.717) is 0 Å². The van der Waals surface area contributed by atoms with Crippen LogP contribution in [-0.2, 0) is 18.9 Å². The standard InChI is InChI=1S/C11H20N3O7P/c1-4-8(11(17)18)14(20)9(15)6-13(3)10(16)7-22(21,5-2)12-19/h8,20H,4-7H2,1-3H3,(H,17,18). The fraction of sp³-hybridized carbons (Fsp3) is 0.727. The molecule has 0 aliphatic carbocycles. The molecule has 11 heteroatoms. The highest BCUT2D eigenvalue weighted by molar-refractivity contribution is 7.63. The molecule has 0 saturated carbocycles. The molecule has 2 unspecified atom stereocenters. The van der Waals surface area contributed by atoms with Crippen LogP contribution in [0.4, 0.5) is 0 Å². The van der Waals surface area contributed by atoms with Gasteiger partial charge in [-0.05, 0) is 11.4 Å². The highest BCUT2D eigenvalue weighted by atomic mass is 31.2. The summed E-state index contributed by atoms with van der Waals surface area (Å²) in [7, 11) is -2.29. The average Bonchev–Trinajstić information content (AvgIpc) is 2.46. The Hall–Kier alpha value is -1.80. The molecule has 22 heavy (non-hydrogen) atoms. The summed E-state index contributed by atoms with van der Waals surface area (Å²) >= 11 is 0. The van der Waals surface area contributed by atoms with Gasteiger partial charge in [0.1, 0.15) is 12.7 Å². The third kappa shape index (κ3) is 5.53. The van der Waals surface area contributed by atoms with Gasteiger partial charge in [-0.25, -0.2) is 9.86 Å². The number of carbonyl (C=O) groups excluding carboxylic acids is 2. The van der Waals surface area contributed by atoms with Gasteiger partial charge in [0.25, 0.3) is 5.91 Å². The van der Waals surface area contributed by atoms with Crippen molar-refractivity contribution in [3.63, 3.8) is 0 Å². The van der Waals surface area contributed by atoms with Gasteiger partial charge in [0.15, 0.2) is 6.04 Å². The van der Waals surface area contributed by atoms with E-state index in [9.17, 15) is 29.1 Å². The first-order chi connectivity index (χ1) is 10.1. The molecule has 0 aliphatic heterocycles. The van der Waals surface area contributed by atoms with Gasteiger partial charge in [0, 0.05) is 13.2 Å². The number of nitrogens with zero attached hydrogens (tertiary/aromatic N) is 3. The largest absolute Gasteiger partial charge is 0.480 e. The molecule has 0 aromatic heterocycles. The van der Waals surface area contributed by atoms with Gasteiger partial charge >= 0.3 is 5.97 Å². The van der Waals surface area contributed by atoms with Crippen LogP contribution >= 0.6 is 7.29 Å². The van der Waals surface area contributed by atoms with Crippen LogP contribution in [-0.4, -0.2) is 70.0 Å². The highest BCUT2D eigenvalue weighted by Gasteiger charge is 2.31. The van der Waals surface area contributed by atoms with Crippen molar-refractivity contribution >= 4 is 25.1 Å². The van der Waals surface area contributed by atoms with Crippen molar-refractivity contribution in [1.82, 2.24) is 9.96 Å². The lowest BCUT2D eigenvalue weighted by Gasteiger charge is -2.24. The van der Waals surface area contributed by atoms with Crippen molar-refractivity contribution in [2.75, 3.05) is 25.9 Å². The normalized spacial score (nSPS) is 14.5. The highest BCUT2D eigenvalue weighted by Crippen LogP contribution is 2.46. The molecule has 2 atom stereocenters. The molecule has 0 aromatic rings. The number of hydrogen-bond acceptors (Lipinski definition) is 6. The molecule has 0 radical (unpaired) electrons. The summed E-state index contributed by atoms with van der Waals surface area (Å²) in [5, 5.41) is 18.4. The summed E-state index contributed by atoms with van der Waals surface area (Å²) < 4.78 is 11.8. The van der Waals surface area contributed by atoms with E-state index in [0.717, 1.165) is 4.90 Å². The van der Waals surface area contributed by atoms with E-state index in [2.05, 4.69) is 4.95 Å². The predicted octanol–water partition coefficient (Wildman–Crippen LogP) is 0.590.